The first-order valence-electron chi connectivity index (χ1n) is 5.42. The van der Waals surface area contributed by atoms with Gasteiger partial charge in [0.25, 0.3) is 0 Å². The van der Waals surface area contributed by atoms with Gasteiger partial charge in [0, 0.05) is 19.4 Å². The van der Waals surface area contributed by atoms with Crippen LogP contribution >= 0.6 is 0 Å². The molecule has 0 spiro atoms. The van der Waals surface area contributed by atoms with E-state index in [1.165, 1.54) is 7.11 Å². The fourth-order valence-corrected chi connectivity index (χ4v) is 1.60. The first kappa shape index (κ1) is 12.1. The van der Waals surface area contributed by atoms with Crippen LogP contribution in [-0.2, 0) is 11.8 Å². The van der Waals surface area contributed by atoms with Crippen molar-refractivity contribution in [2.45, 2.75) is 6.92 Å². The molecule has 6 heteroatoms. The SMILES string of the molecule is COC(=O)c1ccnc(Nc2cn(C)nc2C)c1. The number of anilines is 2. The van der Waals surface area contributed by atoms with E-state index in [4.69, 9.17) is 0 Å². The summed E-state index contributed by atoms with van der Waals surface area (Å²) in [5, 5.41) is 7.33. The highest BCUT2D eigenvalue weighted by Gasteiger charge is 2.08. The number of esters is 1. The standard InChI is InChI=1S/C12H14N4O2/c1-8-10(7-16(2)15-8)14-11-6-9(4-5-13-11)12(17)18-3/h4-7H,1-3H3,(H,13,14). The Bertz CT molecular complexity index is 577. The number of aromatic nitrogens is 3. The van der Waals surface area contributed by atoms with Crippen molar-refractivity contribution in [2.24, 2.45) is 7.05 Å². The van der Waals surface area contributed by atoms with Crippen molar-refractivity contribution in [1.82, 2.24) is 14.8 Å². The van der Waals surface area contributed by atoms with Gasteiger partial charge in [0.1, 0.15) is 5.82 Å². The smallest absolute Gasteiger partial charge is 0.338 e. The summed E-state index contributed by atoms with van der Waals surface area (Å²) in [5.74, 6) is 0.192. The van der Waals surface area contributed by atoms with Crippen LogP contribution in [-0.4, -0.2) is 27.8 Å². The Morgan fingerprint density at radius 2 is 2.28 bits per heavy atom. The van der Waals surface area contributed by atoms with Crippen molar-refractivity contribution in [3.05, 3.63) is 35.8 Å². The van der Waals surface area contributed by atoms with Crippen LogP contribution in [0.4, 0.5) is 11.5 Å². The van der Waals surface area contributed by atoms with Gasteiger partial charge in [-0.05, 0) is 19.1 Å². The molecule has 0 atom stereocenters. The van der Waals surface area contributed by atoms with Crippen molar-refractivity contribution in [3.8, 4) is 0 Å². The molecular formula is C12H14N4O2. The van der Waals surface area contributed by atoms with E-state index in [2.05, 4.69) is 20.1 Å². The molecule has 0 amide bonds. The summed E-state index contributed by atoms with van der Waals surface area (Å²) in [6.45, 7) is 1.90. The molecule has 2 rings (SSSR count). The van der Waals surface area contributed by atoms with Crippen LogP contribution in [0.15, 0.2) is 24.5 Å². The zero-order chi connectivity index (χ0) is 13.1. The third kappa shape index (κ3) is 2.48. The molecular weight excluding hydrogens is 232 g/mol. The molecule has 2 heterocycles. The second-order valence-electron chi connectivity index (χ2n) is 3.85. The molecule has 0 aliphatic rings. The lowest BCUT2D eigenvalue weighted by atomic mass is 10.2. The monoisotopic (exact) mass is 246 g/mol. The minimum Gasteiger partial charge on any atom is -0.465 e. The van der Waals surface area contributed by atoms with Crippen LogP contribution in [0.5, 0.6) is 0 Å². The zero-order valence-electron chi connectivity index (χ0n) is 10.5. The van der Waals surface area contributed by atoms with Crippen molar-refractivity contribution in [1.29, 1.82) is 0 Å². The molecule has 0 fully saturated rings. The Balaban J connectivity index is 2.24. The number of aryl methyl sites for hydroxylation is 2. The topological polar surface area (TPSA) is 69.0 Å². The summed E-state index contributed by atoms with van der Waals surface area (Å²) in [5.41, 5.74) is 2.17. The lowest BCUT2D eigenvalue weighted by Gasteiger charge is -2.05. The maximum Gasteiger partial charge on any atom is 0.338 e. The average Bonchev–Trinajstić information content (AvgIpc) is 2.67. The highest BCUT2D eigenvalue weighted by molar-refractivity contribution is 5.90. The summed E-state index contributed by atoms with van der Waals surface area (Å²) in [4.78, 5) is 15.5. The Hall–Kier alpha value is -2.37. The van der Waals surface area contributed by atoms with E-state index in [0.717, 1.165) is 11.4 Å². The summed E-state index contributed by atoms with van der Waals surface area (Å²) in [6, 6.07) is 3.24. The molecule has 1 N–H and O–H groups in total. The van der Waals surface area contributed by atoms with E-state index in [9.17, 15) is 4.79 Å². The summed E-state index contributed by atoms with van der Waals surface area (Å²) in [6.07, 6.45) is 3.40. The first-order valence-corrected chi connectivity index (χ1v) is 5.42. The number of nitrogens with one attached hydrogen (secondary N) is 1. The summed E-state index contributed by atoms with van der Waals surface area (Å²) in [7, 11) is 3.19. The molecule has 0 saturated heterocycles. The van der Waals surface area contributed by atoms with Gasteiger partial charge in [-0.25, -0.2) is 9.78 Å². The van der Waals surface area contributed by atoms with E-state index in [1.807, 2.05) is 20.2 Å². The minimum atomic E-state index is -0.386. The van der Waals surface area contributed by atoms with Gasteiger partial charge < -0.3 is 10.1 Å². The normalized spacial score (nSPS) is 10.2. The van der Waals surface area contributed by atoms with E-state index >= 15 is 0 Å². The quantitative estimate of drug-likeness (QED) is 0.834. The Morgan fingerprint density at radius 1 is 1.50 bits per heavy atom. The number of methoxy groups -OCH3 is 1. The predicted molar refractivity (Wildman–Crippen MR) is 66.8 cm³/mol. The third-order valence-corrected chi connectivity index (χ3v) is 2.46. The van der Waals surface area contributed by atoms with Crippen LogP contribution in [0.1, 0.15) is 16.1 Å². The Morgan fingerprint density at radius 3 is 2.89 bits per heavy atom. The average molecular weight is 246 g/mol. The van der Waals surface area contributed by atoms with Gasteiger partial charge in [0.15, 0.2) is 0 Å². The number of ether oxygens (including phenoxy) is 1. The number of pyridine rings is 1. The molecule has 0 bridgehead atoms. The van der Waals surface area contributed by atoms with Gasteiger partial charge >= 0.3 is 5.97 Å². The molecule has 2 aromatic heterocycles. The van der Waals surface area contributed by atoms with Crippen LogP contribution < -0.4 is 5.32 Å². The van der Waals surface area contributed by atoms with Gasteiger partial charge in [0.2, 0.25) is 0 Å². The van der Waals surface area contributed by atoms with Gasteiger partial charge in [-0.3, -0.25) is 4.68 Å². The van der Waals surface area contributed by atoms with Crippen molar-refractivity contribution < 1.29 is 9.53 Å². The predicted octanol–water partition coefficient (Wildman–Crippen LogP) is 1.65. The van der Waals surface area contributed by atoms with Gasteiger partial charge in [-0.15, -0.1) is 0 Å². The number of rotatable bonds is 3. The summed E-state index contributed by atoms with van der Waals surface area (Å²) < 4.78 is 6.37. The molecule has 0 aliphatic carbocycles. The lowest BCUT2D eigenvalue weighted by molar-refractivity contribution is 0.0600. The second kappa shape index (κ2) is 4.87. The summed E-state index contributed by atoms with van der Waals surface area (Å²) >= 11 is 0. The van der Waals surface area contributed by atoms with Crippen LogP contribution in [0.25, 0.3) is 0 Å². The maximum absolute atomic E-state index is 11.4. The largest absolute Gasteiger partial charge is 0.465 e. The highest BCUT2D eigenvalue weighted by Crippen LogP contribution is 2.18. The van der Waals surface area contributed by atoms with Gasteiger partial charge in [0.05, 0.1) is 24.1 Å². The Kier molecular flexibility index (Phi) is 3.27. The highest BCUT2D eigenvalue weighted by atomic mass is 16.5. The van der Waals surface area contributed by atoms with Crippen molar-refractivity contribution in [3.63, 3.8) is 0 Å². The van der Waals surface area contributed by atoms with Crippen LogP contribution in [0.2, 0.25) is 0 Å². The molecule has 0 unspecified atom stereocenters. The number of carbonyl (C=O) groups is 1. The molecule has 6 nitrogen and oxygen atoms in total. The minimum absolute atomic E-state index is 0.386. The van der Waals surface area contributed by atoms with Crippen LogP contribution in [0, 0.1) is 6.92 Å². The van der Waals surface area contributed by atoms with E-state index in [1.54, 1.807) is 23.0 Å². The maximum atomic E-state index is 11.4. The number of nitrogens with zero attached hydrogens (tertiary/aromatic N) is 3. The molecule has 0 saturated carbocycles. The first-order chi connectivity index (χ1) is 8.60. The third-order valence-electron chi connectivity index (χ3n) is 2.46. The molecule has 0 radical (unpaired) electrons. The number of hydrogen-bond acceptors (Lipinski definition) is 5. The zero-order valence-corrected chi connectivity index (χ0v) is 10.5. The van der Waals surface area contributed by atoms with Crippen molar-refractivity contribution >= 4 is 17.5 Å². The van der Waals surface area contributed by atoms with Gasteiger partial charge in [-0.2, -0.15) is 5.10 Å². The van der Waals surface area contributed by atoms with Crippen molar-refractivity contribution in [2.75, 3.05) is 12.4 Å². The fraction of sp³-hybridized carbons (Fsp3) is 0.250. The number of hydrogen-bond donors (Lipinski definition) is 1. The second-order valence-corrected chi connectivity index (χ2v) is 3.85. The molecule has 18 heavy (non-hydrogen) atoms. The number of carbonyl (C=O) groups excluding carboxylic acids is 1. The van der Waals surface area contributed by atoms with Crippen LogP contribution in [0.3, 0.4) is 0 Å². The van der Waals surface area contributed by atoms with E-state index < -0.39 is 0 Å². The fourth-order valence-electron chi connectivity index (χ4n) is 1.60. The lowest BCUT2D eigenvalue weighted by Crippen LogP contribution is -2.03. The Labute approximate surface area is 105 Å². The molecule has 0 aliphatic heterocycles. The van der Waals surface area contributed by atoms with Gasteiger partial charge in [-0.1, -0.05) is 0 Å². The van der Waals surface area contributed by atoms with E-state index in [0.29, 0.717) is 11.4 Å². The molecule has 0 aromatic carbocycles. The van der Waals surface area contributed by atoms with E-state index in [-0.39, 0.29) is 5.97 Å². The molecule has 2 aromatic rings. The molecule has 94 valence electrons.